The second kappa shape index (κ2) is 5.44. The average Bonchev–Trinajstić information content (AvgIpc) is 2.34. The minimum atomic E-state index is 0.744. The molecule has 0 aliphatic heterocycles. The zero-order valence-electron chi connectivity index (χ0n) is 10.6. The maximum absolute atomic E-state index is 10.5. The fraction of sp³-hybridized carbons (Fsp3) is 0.188. The molecule has 0 fully saturated rings. The molecule has 0 N–H and O–H groups in total. The van der Waals surface area contributed by atoms with Crippen molar-refractivity contribution in [2.45, 2.75) is 20.3 Å². The molecular formula is C16H15NO. The third-order valence-corrected chi connectivity index (χ3v) is 2.96. The Balaban J connectivity index is 2.40. The van der Waals surface area contributed by atoms with E-state index in [9.17, 15) is 4.79 Å². The van der Waals surface area contributed by atoms with Crippen LogP contribution in [0, 0.1) is 13.8 Å². The SMILES string of the molecule is Cc1cccc(Cc2cccc(C)c2N=C=O)c1. The number of nitrogens with zero attached hydrogens (tertiary/aromatic N) is 1. The van der Waals surface area contributed by atoms with Crippen molar-refractivity contribution in [1.29, 1.82) is 0 Å². The number of para-hydroxylation sites is 1. The van der Waals surface area contributed by atoms with Gasteiger partial charge in [-0.05, 0) is 37.0 Å². The van der Waals surface area contributed by atoms with Crippen molar-refractivity contribution < 1.29 is 4.79 Å². The lowest BCUT2D eigenvalue weighted by atomic mass is 10.00. The zero-order chi connectivity index (χ0) is 13.0. The highest BCUT2D eigenvalue weighted by atomic mass is 16.1. The first-order valence-corrected chi connectivity index (χ1v) is 5.92. The van der Waals surface area contributed by atoms with Crippen molar-refractivity contribution in [1.82, 2.24) is 0 Å². The van der Waals surface area contributed by atoms with E-state index in [0.29, 0.717) is 0 Å². The summed E-state index contributed by atoms with van der Waals surface area (Å²) >= 11 is 0. The first-order valence-electron chi connectivity index (χ1n) is 5.92. The molecule has 0 radical (unpaired) electrons. The third kappa shape index (κ3) is 2.73. The highest BCUT2D eigenvalue weighted by molar-refractivity contribution is 5.59. The summed E-state index contributed by atoms with van der Waals surface area (Å²) < 4.78 is 0. The van der Waals surface area contributed by atoms with E-state index in [1.54, 1.807) is 6.08 Å². The highest BCUT2D eigenvalue weighted by Gasteiger charge is 2.05. The standard InChI is InChI=1S/C16H15NO/c1-12-5-3-7-14(9-12)10-15-8-4-6-13(2)16(15)17-11-18/h3-9H,10H2,1-2H3. The summed E-state index contributed by atoms with van der Waals surface area (Å²) in [5.41, 5.74) is 5.27. The summed E-state index contributed by atoms with van der Waals surface area (Å²) in [6.45, 7) is 4.03. The van der Waals surface area contributed by atoms with Gasteiger partial charge in [-0.15, -0.1) is 0 Å². The van der Waals surface area contributed by atoms with E-state index in [4.69, 9.17) is 0 Å². The molecule has 90 valence electrons. The van der Waals surface area contributed by atoms with Gasteiger partial charge in [0.1, 0.15) is 0 Å². The zero-order valence-corrected chi connectivity index (χ0v) is 10.6. The third-order valence-electron chi connectivity index (χ3n) is 2.96. The number of hydrogen-bond donors (Lipinski definition) is 0. The Morgan fingerprint density at radius 2 is 1.89 bits per heavy atom. The van der Waals surface area contributed by atoms with Gasteiger partial charge in [-0.2, -0.15) is 4.99 Å². The van der Waals surface area contributed by atoms with E-state index in [1.165, 1.54) is 11.1 Å². The molecule has 0 atom stereocenters. The van der Waals surface area contributed by atoms with E-state index in [1.807, 2.05) is 31.2 Å². The minimum Gasteiger partial charge on any atom is -0.211 e. The molecule has 2 rings (SSSR count). The van der Waals surface area contributed by atoms with Gasteiger partial charge in [-0.1, -0.05) is 48.0 Å². The van der Waals surface area contributed by atoms with Crippen LogP contribution in [-0.4, -0.2) is 6.08 Å². The average molecular weight is 237 g/mol. The van der Waals surface area contributed by atoms with Crippen molar-refractivity contribution in [3.05, 3.63) is 64.7 Å². The van der Waals surface area contributed by atoms with Crippen molar-refractivity contribution in [3.63, 3.8) is 0 Å². The first-order chi connectivity index (χ1) is 8.70. The minimum absolute atomic E-state index is 0.744. The lowest BCUT2D eigenvalue weighted by Crippen LogP contribution is -1.91. The topological polar surface area (TPSA) is 29.4 Å². The van der Waals surface area contributed by atoms with Gasteiger partial charge in [0, 0.05) is 0 Å². The maximum atomic E-state index is 10.5. The van der Waals surface area contributed by atoms with Crippen LogP contribution in [0.3, 0.4) is 0 Å². The molecule has 0 unspecified atom stereocenters. The second-order valence-corrected chi connectivity index (χ2v) is 4.45. The van der Waals surface area contributed by atoms with Gasteiger partial charge in [-0.3, -0.25) is 0 Å². The molecule has 0 saturated heterocycles. The van der Waals surface area contributed by atoms with Crippen LogP contribution in [0.15, 0.2) is 47.5 Å². The van der Waals surface area contributed by atoms with Gasteiger partial charge >= 0.3 is 0 Å². The Kier molecular flexibility index (Phi) is 3.71. The molecule has 0 heterocycles. The van der Waals surface area contributed by atoms with Crippen LogP contribution in [0.4, 0.5) is 5.69 Å². The molecule has 0 bridgehead atoms. The monoisotopic (exact) mass is 237 g/mol. The molecule has 2 aromatic rings. The first kappa shape index (κ1) is 12.3. The predicted molar refractivity (Wildman–Crippen MR) is 72.9 cm³/mol. The van der Waals surface area contributed by atoms with Gasteiger partial charge in [0.05, 0.1) is 5.69 Å². The summed E-state index contributed by atoms with van der Waals surface area (Å²) in [6.07, 6.45) is 2.42. The van der Waals surface area contributed by atoms with Gasteiger partial charge in [-0.25, -0.2) is 4.79 Å². The highest BCUT2D eigenvalue weighted by Crippen LogP contribution is 2.25. The van der Waals surface area contributed by atoms with Gasteiger partial charge in [0.15, 0.2) is 0 Å². The normalized spacial score (nSPS) is 9.89. The van der Waals surface area contributed by atoms with Gasteiger partial charge in [0.2, 0.25) is 6.08 Å². The van der Waals surface area contributed by atoms with E-state index >= 15 is 0 Å². The smallest absolute Gasteiger partial charge is 0.211 e. The lowest BCUT2D eigenvalue weighted by molar-refractivity contribution is 0.565. The summed E-state index contributed by atoms with van der Waals surface area (Å²) in [5, 5.41) is 0. The van der Waals surface area contributed by atoms with Crippen LogP contribution in [0.25, 0.3) is 0 Å². The van der Waals surface area contributed by atoms with Crippen LogP contribution in [0.2, 0.25) is 0 Å². The van der Waals surface area contributed by atoms with Crippen LogP contribution < -0.4 is 0 Å². The van der Waals surface area contributed by atoms with E-state index < -0.39 is 0 Å². The fourth-order valence-corrected chi connectivity index (χ4v) is 2.11. The number of aliphatic imine (C=N–C) groups is 1. The Labute approximate surface area is 107 Å². The molecule has 0 aliphatic carbocycles. The second-order valence-electron chi connectivity index (χ2n) is 4.45. The molecule has 0 saturated carbocycles. The molecule has 2 nitrogen and oxygen atoms in total. The van der Waals surface area contributed by atoms with Crippen molar-refractivity contribution in [2.24, 2.45) is 4.99 Å². The quantitative estimate of drug-likeness (QED) is 0.588. The number of hydrogen-bond acceptors (Lipinski definition) is 2. The van der Waals surface area contributed by atoms with Crippen molar-refractivity contribution in [2.75, 3.05) is 0 Å². The van der Waals surface area contributed by atoms with Gasteiger partial charge < -0.3 is 0 Å². The number of rotatable bonds is 3. The van der Waals surface area contributed by atoms with Gasteiger partial charge in [0.25, 0.3) is 0 Å². The summed E-state index contributed by atoms with van der Waals surface area (Å²) in [6, 6.07) is 14.3. The number of benzene rings is 2. The Morgan fingerprint density at radius 3 is 2.61 bits per heavy atom. The van der Waals surface area contributed by atoms with Crippen LogP contribution in [0.1, 0.15) is 22.3 Å². The maximum Gasteiger partial charge on any atom is 0.240 e. The van der Waals surface area contributed by atoms with Crippen molar-refractivity contribution >= 4 is 11.8 Å². The fourth-order valence-electron chi connectivity index (χ4n) is 2.11. The Bertz CT molecular complexity index is 610. The molecule has 0 aliphatic rings. The molecule has 0 spiro atoms. The van der Waals surface area contributed by atoms with E-state index in [0.717, 1.165) is 23.2 Å². The predicted octanol–water partition coefficient (Wildman–Crippen LogP) is 3.86. The molecular weight excluding hydrogens is 222 g/mol. The Morgan fingerprint density at radius 1 is 1.11 bits per heavy atom. The summed E-state index contributed by atoms with van der Waals surface area (Å²) in [4.78, 5) is 14.3. The van der Waals surface area contributed by atoms with Crippen LogP contribution in [-0.2, 0) is 11.2 Å². The molecule has 2 aromatic carbocycles. The number of carbonyl (C=O) groups excluding carboxylic acids is 1. The summed E-state index contributed by atoms with van der Waals surface area (Å²) in [7, 11) is 0. The largest absolute Gasteiger partial charge is 0.240 e. The molecule has 0 amide bonds. The molecule has 2 heteroatoms. The Hall–Kier alpha value is -2.18. The van der Waals surface area contributed by atoms with E-state index in [-0.39, 0.29) is 0 Å². The van der Waals surface area contributed by atoms with Crippen LogP contribution >= 0.6 is 0 Å². The number of aryl methyl sites for hydroxylation is 2. The number of isocyanates is 1. The van der Waals surface area contributed by atoms with E-state index in [2.05, 4.69) is 30.1 Å². The lowest BCUT2D eigenvalue weighted by Gasteiger charge is -2.08. The molecule has 0 aromatic heterocycles. The molecule has 18 heavy (non-hydrogen) atoms. The van der Waals surface area contributed by atoms with Crippen LogP contribution in [0.5, 0.6) is 0 Å². The van der Waals surface area contributed by atoms with Crippen molar-refractivity contribution in [3.8, 4) is 0 Å². The summed E-state index contributed by atoms with van der Waals surface area (Å²) in [5.74, 6) is 0.